The SMILES string of the molecule is N#Cc1cccc(S(=O)(=O)N2CCOC(CC(=O)O)C2)c1. The van der Waals surface area contributed by atoms with E-state index in [1.807, 2.05) is 6.07 Å². The Morgan fingerprint density at radius 2 is 2.29 bits per heavy atom. The third-order valence-corrected chi connectivity index (χ3v) is 4.97. The van der Waals surface area contributed by atoms with E-state index >= 15 is 0 Å². The van der Waals surface area contributed by atoms with Gasteiger partial charge in [0.2, 0.25) is 10.0 Å². The van der Waals surface area contributed by atoms with Crippen LogP contribution in [0, 0.1) is 11.3 Å². The van der Waals surface area contributed by atoms with E-state index in [1.54, 1.807) is 0 Å². The summed E-state index contributed by atoms with van der Waals surface area (Å²) in [6, 6.07) is 7.63. The molecular weight excluding hydrogens is 296 g/mol. The molecule has 1 aromatic rings. The Hall–Kier alpha value is -1.95. The Bertz CT molecular complexity index is 680. The summed E-state index contributed by atoms with van der Waals surface area (Å²) in [7, 11) is -3.75. The van der Waals surface area contributed by atoms with Crippen LogP contribution in [0.2, 0.25) is 0 Å². The molecule has 1 heterocycles. The van der Waals surface area contributed by atoms with Crippen LogP contribution in [0.4, 0.5) is 0 Å². The molecule has 8 heteroatoms. The first-order valence-electron chi connectivity index (χ1n) is 6.27. The second-order valence-corrected chi connectivity index (χ2v) is 6.53. The number of benzene rings is 1. The van der Waals surface area contributed by atoms with E-state index in [0.29, 0.717) is 0 Å². The van der Waals surface area contributed by atoms with Crippen molar-refractivity contribution in [2.45, 2.75) is 17.4 Å². The maximum Gasteiger partial charge on any atom is 0.306 e. The Morgan fingerprint density at radius 1 is 1.52 bits per heavy atom. The van der Waals surface area contributed by atoms with Crippen LogP contribution >= 0.6 is 0 Å². The lowest BCUT2D eigenvalue weighted by Gasteiger charge is -2.31. The third kappa shape index (κ3) is 3.58. The zero-order chi connectivity index (χ0) is 15.5. The molecule has 0 amide bonds. The molecule has 1 N–H and O–H groups in total. The maximum atomic E-state index is 12.5. The number of hydrogen-bond acceptors (Lipinski definition) is 5. The van der Waals surface area contributed by atoms with E-state index in [0.717, 1.165) is 0 Å². The normalized spacial score (nSPS) is 19.9. The van der Waals surface area contributed by atoms with E-state index in [1.165, 1.54) is 28.6 Å². The molecule has 1 aliphatic rings. The van der Waals surface area contributed by atoms with Crippen molar-refractivity contribution in [3.8, 4) is 6.07 Å². The molecule has 1 aromatic carbocycles. The minimum absolute atomic E-state index is 0.00852. The molecule has 0 bridgehead atoms. The minimum Gasteiger partial charge on any atom is -0.481 e. The fourth-order valence-electron chi connectivity index (χ4n) is 2.10. The molecule has 112 valence electrons. The number of ether oxygens (including phenoxy) is 1. The Kier molecular flexibility index (Phi) is 4.57. The van der Waals surface area contributed by atoms with Gasteiger partial charge in [-0.25, -0.2) is 8.42 Å². The lowest BCUT2D eigenvalue weighted by Crippen LogP contribution is -2.46. The largest absolute Gasteiger partial charge is 0.481 e. The standard InChI is InChI=1S/C13H14N2O5S/c14-8-10-2-1-3-12(6-10)21(18,19)15-4-5-20-11(9-15)7-13(16)17/h1-3,6,11H,4-5,7,9H2,(H,16,17). The number of aliphatic carboxylic acids is 1. The lowest BCUT2D eigenvalue weighted by atomic mass is 10.2. The second-order valence-electron chi connectivity index (χ2n) is 4.59. The number of nitrogens with zero attached hydrogens (tertiary/aromatic N) is 2. The van der Waals surface area contributed by atoms with E-state index < -0.39 is 22.1 Å². The molecule has 0 saturated carbocycles. The van der Waals surface area contributed by atoms with Gasteiger partial charge in [-0.15, -0.1) is 0 Å². The highest BCUT2D eigenvalue weighted by molar-refractivity contribution is 7.89. The summed E-state index contributed by atoms with van der Waals surface area (Å²) in [6.45, 7) is 0.301. The highest BCUT2D eigenvalue weighted by Gasteiger charge is 2.31. The number of carboxylic acids is 1. The van der Waals surface area contributed by atoms with Crippen LogP contribution in [-0.4, -0.2) is 49.6 Å². The average molecular weight is 310 g/mol. The van der Waals surface area contributed by atoms with Gasteiger partial charge in [-0.1, -0.05) is 6.07 Å². The number of carbonyl (C=O) groups is 1. The molecule has 0 spiro atoms. The summed E-state index contributed by atoms with van der Waals surface area (Å²) in [6.07, 6.45) is -0.908. The lowest BCUT2D eigenvalue weighted by molar-refractivity contribution is -0.141. The molecular formula is C13H14N2O5S. The first kappa shape index (κ1) is 15.4. The molecule has 1 fully saturated rings. The van der Waals surface area contributed by atoms with Gasteiger partial charge in [-0.05, 0) is 18.2 Å². The van der Waals surface area contributed by atoms with Crippen LogP contribution in [-0.2, 0) is 19.6 Å². The number of carboxylic acid groups (broad SMARTS) is 1. The Labute approximate surface area is 122 Å². The summed E-state index contributed by atoms with van der Waals surface area (Å²) >= 11 is 0. The van der Waals surface area contributed by atoms with Crippen molar-refractivity contribution in [3.05, 3.63) is 29.8 Å². The minimum atomic E-state index is -3.75. The van der Waals surface area contributed by atoms with Crippen molar-refractivity contribution in [2.24, 2.45) is 0 Å². The van der Waals surface area contributed by atoms with Crippen LogP contribution in [0.3, 0.4) is 0 Å². The second kappa shape index (κ2) is 6.22. The molecule has 1 unspecified atom stereocenters. The van der Waals surface area contributed by atoms with Gasteiger partial charge in [0.1, 0.15) is 0 Å². The zero-order valence-electron chi connectivity index (χ0n) is 11.1. The van der Waals surface area contributed by atoms with Gasteiger partial charge in [-0.3, -0.25) is 4.79 Å². The van der Waals surface area contributed by atoms with Crippen molar-refractivity contribution < 1.29 is 23.1 Å². The molecule has 7 nitrogen and oxygen atoms in total. The van der Waals surface area contributed by atoms with Crippen molar-refractivity contribution >= 4 is 16.0 Å². The molecule has 1 saturated heterocycles. The van der Waals surface area contributed by atoms with Crippen molar-refractivity contribution in [1.82, 2.24) is 4.31 Å². The topological polar surface area (TPSA) is 108 Å². The van der Waals surface area contributed by atoms with Gasteiger partial charge in [0, 0.05) is 13.1 Å². The number of nitriles is 1. The first-order valence-corrected chi connectivity index (χ1v) is 7.71. The molecule has 0 radical (unpaired) electrons. The summed E-state index contributed by atoms with van der Waals surface area (Å²) < 4.78 is 31.5. The zero-order valence-corrected chi connectivity index (χ0v) is 11.9. The Balaban J connectivity index is 2.22. The smallest absolute Gasteiger partial charge is 0.306 e. The predicted molar refractivity (Wildman–Crippen MR) is 71.9 cm³/mol. The van der Waals surface area contributed by atoms with E-state index in [2.05, 4.69) is 0 Å². The van der Waals surface area contributed by atoms with Crippen molar-refractivity contribution in [1.29, 1.82) is 5.26 Å². The first-order chi connectivity index (χ1) is 9.93. The number of morpholine rings is 1. The summed E-state index contributed by atoms with van der Waals surface area (Å²) in [5.41, 5.74) is 0.256. The van der Waals surface area contributed by atoms with Gasteiger partial charge >= 0.3 is 5.97 Å². The monoisotopic (exact) mass is 310 g/mol. The maximum absolute atomic E-state index is 12.5. The summed E-state index contributed by atoms with van der Waals surface area (Å²) in [5, 5.41) is 17.6. The highest BCUT2D eigenvalue weighted by Crippen LogP contribution is 2.20. The Morgan fingerprint density at radius 3 is 2.95 bits per heavy atom. The van der Waals surface area contributed by atoms with Gasteiger partial charge < -0.3 is 9.84 Å². The highest BCUT2D eigenvalue weighted by atomic mass is 32.2. The molecule has 1 aliphatic heterocycles. The van der Waals surface area contributed by atoms with E-state index in [4.69, 9.17) is 15.1 Å². The van der Waals surface area contributed by atoms with Gasteiger partial charge in [0.25, 0.3) is 0 Å². The quantitative estimate of drug-likeness (QED) is 0.863. The van der Waals surface area contributed by atoms with Crippen molar-refractivity contribution in [3.63, 3.8) is 0 Å². The van der Waals surface area contributed by atoms with Crippen LogP contribution in [0.25, 0.3) is 0 Å². The van der Waals surface area contributed by atoms with Crippen LogP contribution < -0.4 is 0 Å². The number of rotatable bonds is 4. The van der Waals surface area contributed by atoms with E-state index in [-0.39, 0.29) is 36.6 Å². The van der Waals surface area contributed by atoms with Crippen LogP contribution in [0.1, 0.15) is 12.0 Å². The molecule has 0 aromatic heterocycles. The molecule has 21 heavy (non-hydrogen) atoms. The molecule has 0 aliphatic carbocycles. The fourth-order valence-corrected chi connectivity index (χ4v) is 3.61. The summed E-state index contributed by atoms with van der Waals surface area (Å²) in [5.74, 6) is -1.04. The van der Waals surface area contributed by atoms with Gasteiger partial charge in [0.05, 0.1) is 35.7 Å². The summed E-state index contributed by atoms with van der Waals surface area (Å²) in [4.78, 5) is 10.7. The predicted octanol–water partition coefficient (Wildman–Crippen LogP) is 0.422. The van der Waals surface area contributed by atoms with Gasteiger partial charge in [-0.2, -0.15) is 9.57 Å². The van der Waals surface area contributed by atoms with Crippen molar-refractivity contribution in [2.75, 3.05) is 19.7 Å². The number of sulfonamides is 1. The van der Waals surface area contributed by atoms with E-state index in [9.17, 15) is 13.2 Å². The average Bonchev–Trinajstić information content (AvgIpc) is 2.47. The molecule has 1 atom stereocenters. The van der Waals surface area contributed by atoms with Crippen LogP contribution in [0.5, 0.6) is 0 Å². The van der Waals surface area contributed by atoms with Crippen LogP contribution in [0.15, 0.2) is 29.2 Å². The van der Waals surface area contributed by atoms with Gasteiger partial charge in [0.15, 0.2) is 0 Å². The third-order valence-electron chi connectivity index (χ3n) is 3.10. The number of hydrogen-bond donors (Lipinski definition) is 1. The fraction of sp³-hybridized carbons (Fsp3) is 0.385. The molecule has 2 rings (SSSR count).